The Labute approximate surface area is 180 Å². The van der Waals surface area contributed by atoms with E-state index in [1.165, 1.54) is 0 Å². The lowest BCUT2D eigenvalue weighted by molar-refractivity contribution is 0.0190. The van der Waals surface area contributed by atoms with Gasteiger partial charge in [-0.05, 0) is 53.2 Å². The van der Waals surface area contributed by atoms with E-state index in [1.54, 1.807) is 18.2 Å². The van der Waals surface area contributed by atoms with Gasteiger partial charge in [0.15, 0.2) is 5.96 Å². The van der Waals surface area contributed by atoms with E-state index in [4.69, 9.17) is 9.15 Å². The molecule has 8 heteroatoms. The third-order valence-corrected chi connectivity index (χ3v) is 3.59. The number of carbonyl (C=O) groups is 1. The van der Waals surface area contributed by atoms with Crippen LogP contribution in [0, 0.1) is 0 Å². The van der Waals surface area contributed by atoms with Crippen molar-refractivity contribution in [2.24, 2.45) is 4.99 Å². The molecule has 1 aromatic rings. The van der Waals surface area contributed by atoms with Crippen molar-refractivity contribution >= 4 is 36.0 Å². The molecule has 1 aromatic heterocycles. The molecule has 0 fully saturated rings. The highest BCUT2D eigenvalue weighted by Gasteiger charge is 2.23. The maximum absolute atomic E-state index is 12.3. The standard InChI is InChI=1S/C19H34N4O3.HI/c1-15(2)23(18(24)26-19(3,4)5)13-8-11-21-17(20-6)22-12-10-16-9-7-14-25-16;/h7,9,14-15H,8,10-13H2,1-6H3,(H2,20,21,22);1H. The minimum absolute atomic E-state index is 0. The molecule has 0 atom stereocenters. The summed E-state index contributed by atoms with van der Waals surface area (Å²) in [5.41, 5.74) is -0.484. The first-order valence-corrected chi connectivity index (χ1v) is 9.19. The van der Waals surface area contributed by atoms with Crippen LogP contribution in [0.5, 0.6) is 0 Å². The number of nitrogens with zero attached hydrogens (tertiary/aromatic N) is 2. The summed E-state index contributed by atoms with van der Waals surface area (Å²) in [5.74, 6) is 1.68. The van der Waals surface area contributed by atoms with Crippen LogP contribution in [-0.4, -0.2) is 55.3 Å². The van der Waals surface area contributed by atoms with Gasteiger partial charge in [0, 0.05) is 39.1 Å². The van der Waals surface area contributed by atoms with Gasteiger partial charge in [0.2, 0.25) is 0 Å². The highest BCUT2D eigenvalue weighted by atomic mass is 127. The fourth-order valence-corrected chi connectivity index (χ4v) is 2.32. The summed E-state index contributed by atoms with van der Waals surface area (Å²) in [5, 5.41) is 6.51. The summed E-state index contributed by atoms with van der Waals surface area (Å²) in [6, 6.07) is 3.93. The molecule has 27 heavy (non-hydrogen) atoms. The third-order valence-electron chi connectivity index (χ3n) is 3.59. The average Bonchev–Trinajstić information content (AvgIpc) is 3.04. The SMILES string of the molecule is CN=C(NCCCN(C(=O)OC(C)(C)C)C(C)C)NCCc1ccco1.I. The van der Waals surface area contributed by atoms with Crippen LogP contribution in [0.1, 0.15) is 46.8 Å². The molecule has 0 aromatic carbocycles. The number of hydrogen-bond acceptors (Lipinski definition) is 4. The van der Waals surface area contributed by atoms with E-state index in [0.717, 1.165) is 31.1 Å². The highest BCUT2D eigenvalue weighted by Crippen LogP contribution is 2.12. The second kappa shape index (κ2) is 12.9. The van der Waals surface area contributed by atoms with Crippen molar-refractivity contribution in [2.75, 3.05) is 26.7 Å². The molecule has 0 saturated heterocycles. The van der Waals surface area contributed by atoms with Crippen molar-refractivity contribution < 1.29 is 13.9 Å². The Morgan fingerprint density at radius 3 is 2.48 bits per heavy atom. The van der Waals surface area contributed by atoms with Crippen molar-refractivity contribution in [2.45, 2.75) is 59.1 Å². The molecule has 2 N–H and O–H groups in total. The lowest BCUT2D eigenvalue weighted by Gasteiger charge is -2.30. The van der Waals surface area contributed by atoms with Crippen molar-refractivity contribution in [3.05, 3.63) is 24.2 Å². The molecule has 0 bridgehead atoms. The monoisotopic (exact) mass is 494 g/mol. The van der Waals surface area contributed by atoms with Crippen LogP contribution in [0.25, 0.3) is 0 Å². The van der Waals surface area contributed by atoms with Crippen LogP contribution >= 0.6 is 24.0 Å². The van der Waals surface area contributed by atoms with Gasteiger partial charge in [-0.1, -0.05) is 0 Å². The molecule has 0 aliphatic carbocycles. The molecule has 156 valence electrons. The van der Waals surface area contributed by atoms with E-state index in [2.05, 4.69) is 15.6 Å². The molecule has 0 saturated carbocycles. The number of furan rings is 1. The summed E-state index contributed by atoms with van der Waals surface area (Å²) in [6.45, 7) is 11.7. The zero-order chi connectivity index (χ0) is 19.6. The molecule has 0 aliphatic heterocycles. The molecule has 0 radical (unpaired) electrons. The number of halogens is 1. The van der Waals surface area contributed by atoms with Gasteiger partial charge in [0.1, 0.15) is 11.4 Å². The molecular weight excluding hydrogens is 459 g/mol. The van der Waals surface area contributed by atoms with Gasteiger partial charge >= 0.3 is 6.09 Å². The number of guanidine groups is 1. The average molecular weight is 494 g/mol. The van der Waals surface area contributed by atoms with E-state index in [0.29, 0.717) is 13.1 Å². The van der Waals surface area contributed by atoms with Crippen molar-refractivity contribution in [3.63, 3.8) is 0 Å². The Bertz CT molecular complexity index is 554. The maximum atomic E-state index is 12.3. The molecule has 1 amide bonds. The van der Waals surface area contributed by atoms with Crippen LogP contribution in [0.4, 0.5) is 4.79 Å². The fraction of sp³-hybridized carbons (Fsp3) is 0.684. The van der Waals surface area contributed by atoms with Gasteiger partial charge in [-0.3, -0.25) is 4.99 Å². The number of aliphatic imine (C=N–C) groups is 1. The predicted molar refractivity (Wildman–Crippen MR) is 120 cm³/mol. The molecule has 0 aliphatic rings. The number of carbonyl (C=O) groups excluding carboxylic acids is 1. The first-order valence-electron chi connectivity index (χ1n) is 9.19. The van der Waals surface area contributed by atoms with E-state index >= 15 is 0 Å². The Balaban J connectivity index is 0.00000676. The highest BCUT2D eigenvalue weighted by molar-refractivity contribution is 14.0. The van der Waals surface area contributed by atoms with E-state index in [-0.39, 0.29) is 36.1 Å². The largest absolute Gasteiger partial charge is 0.469 e. The lowest BCUT2D eigenvalue weighted by Crippen LogP contribution is -2.43. The Kier molecular flexibility index (Phi) is 12.2. The van der Waals surface area contributed by atoms with Gasteiger partial charge in [-0.15, -0.1) is 24.0 Å². The molecular formula is C19H35IN4O3. The number of rotatable bonds is 8. The summed E-state index contributed by atoms with van der Waals surface area (Å²) < 4.78 is 10.8. The van der Waals surface area contributed by atoms with Crippen LogP contribution in [0.15, 0.2) is 27.8 Å². The second-order valence-electron chi connectivity index (χ2n) is 7.38. The quantitative estimate of drug-likeness (QED) is 0.250. The Morgan fingerprint density at radius 1 is 1.30 bits per heavy atom. The van der Waals surface area contributed by atoms with Gasteiger partial charge in [-0.25, -0.2) is 4.79 Å². The third kappa shape index (κ3) is 11.1. The zero-order valence-electron chi connectivity index (χ0n) is 17.4. The predicted octanol–water partition coefficient (Wildman–Crippen LogP) is 3.64. The number of hydrogen-bond donors (Lipinski definition) is 2. The van der Waals surface area contributed by atoms with E-state index < -0.39 is 5.60 Å². The second-order valence-corrected chi connectivity index (χ2v) is 7.38. The van der Waals surface area contributed by atoms with Crippen LogP contribution in [-0.2, 0) is 11.2 Å². The normalized spacial score (nSPS) is 11.7. The summed E-state index contributed by atoms with van der Waals surface area (Å²) in [6.07, 6.45) is 3.01. The minimum Gasteiger partial charge on any atom is -0.469 e. The van der Waals surface area contributed by atoms with Crippen LogP contribution < -0.4 is 10.6 Å². The van der Waals surface area contributed by atoms with Crippen molar-refractivity contribution in [3.8, 4) is 0 Å². The van der Waals surface area contributed by atoms with Gasteiger partial charge in [0.25, 0.3) is 0 Å². The Hall–Kier alpha value is -1.45. The zero-order valence-corrected chi connectivity index (χ0v) is 19.7. The molecule has 1 heterocycles. The van der Waals surface area contributed by atoms with Crippen LogP contribution in [0.2, 0.25) is 0 Å². The van der Waals surface area contributed by atoms with Crippen LogP contribution in [0.3, 0.4) is 0 Å². The fourth-order valence-electron chi connectivity index (χ4n) is 2.32. The van der Waals surface area contributed by atoms with Gasteiger partial charge in [-0.2, -0.15) is 0 Å². The molecule has 0 spiro atoms. The van der Waals surface area contributed by atoms with Gasteiger partial charge in [0.05, 0.1) is 6.26 Å². The minimum atomic E-state index is -0.484. The smallest absolute Gasteiger partial charge is 0.410 e. The first-order chi connectivity index (χ1) is 12.2. The number of ether oxygens (including phenoxy) is 1. The van der Waals surface area contributed by atoms with E-state index in [1.807, 2.05) is 46.8 Å². The number of nitrogens with one attached hydrogen (secondary N) is 2. The van der Waals surface area contributed by atoms with Gasteiger partial charge < -0.3 is 24.7 Å². The summed E-state index contributed by atoms with van der Waals surface area (Å²) >= 11 is 0. The lowest BCUT2D eigenvalue weighted by atomic mass is 10.2. The Morgan fingerprint density at radius 2 is 1.96 bits per heavy atom. The summed E-state index contributed by atoms with van der Waals surface area (Å²) in [7, 11) is 1.74. The molecule has 7 nitrogen and oxygen atoms in total. The molecule has 0 unspecified atom stereocenters. The topological polar surface area (TPSA) is 79.1 Å². The number of amides is 1. The molecule has 1 rings (SSSR count). The first kappa shape index (κ1) is 25.6. The van der Waals surface area contributed by atoms with Crippen molar-refractivity contribution in [1.29, 1.82) is 0 Å². The summed E-state index contributed by atoms with van der Waals surface area (Å²) in [4.78, 5) is 18.2. The van der Waals surface area contributed by atoms with Crippen molar-refractivity contribution in [1.82, 2.24) is 15.5 Å². The maximum Gasteiger partial charge on any atom is 0.410 e. The van der Waals surface area contributed by atoms with E-state index in [9.17, 15) is 4.79 Å².